The van der Waals surface area contributed by atoms with Crippen LogP contribution in [0.25, 0.3) is 43.4 Å². The molecule has 0 fully saturated rings. The molecule has 5 rings (SSSR count). The van der Waals surface area contributed by atoms with Crippen molar-refractivity contribution in [1.82, 2.24) is 0 Å². The molecule has 0 nitrogen and oxygen atoms in total. The van der Waals surface area contributed by atoms with Crippen LogP contribution in [0.4, 0.5) is 0 Å². The minimum Gasteiger partial charge on any atom is -0.0622 e. The first-order valence-corrected chi connectivity index (χ1v) is 8.71. The average molecular weight is 318 g/mol. The Balaban J connectivity index is 1.98. The highest BCUT2D eigenvalue weighted by atomic mass is 14.1. The van der Waals surface area contributed by atoms with Crippen LogP contribution in [0.15, 0.2) is 91.0 Å². The molecule has 0 heteroatoms. The summed E-state index contributed by atoms with van der Waals surface area (Å²) in [5, 5.41) is 7.87. The van der Waals surface area contributed by atoms with Gasteiger partial charge in [0.05, 0.1) is 0 Å². The third-order valence-electron chi connectivity index (χ3n) is 5.06. The van der Waals surface area contributed by atoms with Crippen LogP contribution in [-0.2, 0) is 0 Å². The van der Waals surface area contributed by atoms with Gasteiger partial charge in [0.1, 0.15) is 0 Å². The van der Waals surface area contributed by atoms with Crippen molar-refractivity contribution in [2.24, 2.45) is 0 Å². The van der Waals surface area contributed by atoms with E-state index in [0.717, 1.165) is 0 Å². The summed E-state index contributed by atoms with van der Waals surface area (Å²) in [4.78, 5) is 0. The molecule has 0 saturated carbocycles. The predicted octanol–water partition coefficient (Wildman–Crippen LogP) is 7.12. The number of aryl methyl sites for hydroxylation is 1. The summed E-state index contributed by atoms with van der Waals surface area (Å²) in [5.41, 5.74) is 3.88. The highest BCUT2D eigenvalue weighted by Gasteiger charge is 2.09. The van der Waals surface area contributed by atoms with Crippen LogP contribution >= 0.6 is 0 Å². The monoisotopic (exact) mass is 318 g/mol. The zero-order chi connectivity index (χ0) is 16.8. The summed E-state index contributed by atoms with van der Waals surface area (Å²) < 4.78 is 0. The fourth-order valence-corrected chi connectivity index (χ4v) is 3.82. The minimum atomic E-state index is 1.27. The molecule has 0 aliphatic heterocycles. The fraction of sp³-hybridized carbons (Fsp3) is 0.0400. The first kappa shape index (κ1) is 14.2. The molecule has 0 aromatic heterocycles. The van der Waals surface area contributed by atoms with Crippen molar-refractivity contribution >= 4 is 32.3 Å². The largest absolute Gasteiger partial charge is 0.0622 e. The van der Waals surface area contributed by atoms with Crippen molar-refractivity contribution in [3.63, 3.8) is 0 Å². The maximum atomic E-state index is 2.35. The molecule has 0 amide bonds. The second kappa shape index (κ2) is 5.46. The van der Waals surface area contributed by atoms with E-state index in [2.05, 4.69) is 97.9 Å². The topological polar surface area (TPSA) is 0 Å². The lowest BCUT2D eigenvalue weighted by Crippen LogP contribution is -1.86. The Bertz CT molecular complexity index is 1230. The summed E-state index contributed by atoms with van der Waals surface area (Å²) >= 11 is 0. The molecule has 0 atom stereocenters. The van der Waals surface area contributed by atoms with Gasteiger partial charge in [0, 0.05) is 0 Å². The number of rotatable bonds is 1. The van der Waals surface area contributed by atoms with E-state index in [1.807, 2.05) is 0 Å². The summed E-state index contributed by atoms with van der Waals surface area (Å²) in [6.07, 6.45) is 0. The highest BCUT2D eigenvalue weighted by molar-refractivity contribution is 6.16. The molecule has 25 heavy (non-hydrogen) atoms. The zero-order valence-corrected chi connectivity index (χ0v) is 14.2. The molecular weight excluding hydrogens is 300 g/mol. The lowest BCUT2D eigenvalue weighted by molar-refractivity contribution is 1.51. The molecule has 0 N–H and O–H groups in total. The Morgan fingerprint density at radius 1 is 0.480 bits per heavy atom. The predicted molar refractivity (Wildman–Crippen MR) is 109 cm³/mol. The van der Waals surface area contributed by atoms with Gasteiger partial charge in [0.2, 0.25) is 0 Å². The van der Waals surface area contributed by atoms with Crippen LogP contribution < -0.4 is 0 Å². The minimum absolute atomic E-state index is 1.27. The van der Waals surface area contributed by atoms with Gasteiger partial charge in [-0.3, -0.25) is 0 Å². The van der Waals surface area contributed by atoms with Crippen LogP contribution in [-0.4, -0.2) is 0 Å². The number of hydrogen-bond acceptors (Lipinski definition) is 0. The molecule has 0 heterocycles. The fourth-order valence-electron chi connectivity index (χ4n) is 3.82. The van der Waals surface area contributed by atoms with Crippen LogP contribution in [0.1, 0.15) is 5.56 Å². The van der Waals surface area contributed by atoms with E-state index < -0.39 is 0 Å². The molecular formula is C25H18. The summed E-state index contributed by atoms with van der Waals surface area (Å²) in [6.45, 7) is 2.17. The maximum Gasteiger partial charge on any atom is -0.00963 e. The van der Waals surface area contributed by atoms with Crippen molar-refractivity contribution in [3.8, 4) is 11.1 Å². The number of benzene rings is 5. The lowest BCUT2D eigenvalue weighted by atomic mass is 9.91. The van der Waals surface area contributed by atoms with Crippen molar-refractivity contribution in [2.75, 3.05) is 0 Å². The van der Waals surface area contributed by atoms with E-state index in [9.17, 15) is 0 Å². The normalized spacial score (nSPS) is 11.4. The average Bonchev–Trinajstić information content (AvgIpc) is 2.66. The van der Waals surface area contributed by atoms with Gasteiger partial charge in [-0.25, -0.2) is 0 Å². The lowest BCUT2D eigenvalue weighted by Gasteiger charge is -2.13. The van der Waals surface area contributed by atoms with Crippen molar-refractivity contribution in [2.45, 2.75) is 6.92 Å². The first-order valence-electron chi connectivity index (χ1n) is 8.71. The molecule has 0 aliphatic rings. The molecule has 0 aliphatic carbocycles. The van der Waals surface area contributed by atoms with Crippen LogP contribution in [0, 0.1) is 6.92 Å². The van der Waals surface area contributed by atoms with Crippen LogP contribution in [0.2, 0.25) is 0 Å². The summed E-state index contributed by atoms with van der Waals surface area (Å²) in [5.74, 6) is 0. The molecule has 0 unspecified atom stereocenters. The molecule has 5 aromatic rings. The highest BCUT2D eigenvalue weighted by Crippen LogP contribution is 2.37. The Hall–Kier alpha value is -3.12. The summed E-state index contributed by atoms with van der Waals surface area (Å²) in [7, 11) is 0. The molecule has 118 valence electrons. The van der Waals surface area contributed by atoms with E-state index in [4.69, 9.17) is 0 Å². The molecule has 0 radical (unpaired) electrons. The van der Waals surface area contributed by atoms with Gasteiger partial charge in [-0.1, -0.05) is 78.4 Å². The first-order chi connectivity index (χ1) is 12.3. The number of hydrogen-bond donors (Lipinski definition) is 0. The van der Waals surface area contributed by atoms with Gasteiger partial charge in [-0.15, -0.1) is 0 Å². The zero-order valence-electron chi connectivity index (χ0n) is 14.2. The second-order valence-corrected chi connectivity index (χ2v) is 6.76. The Morgan fingerprint density at radius 2 is 1.20 bits per heavy atom. The van der Waals surface area contributed by atoms with Gasteiger partial charge in [0.15, 0.2) is 0 Å². The second-order valence-electron chi connectivity index (χ2n) is 6.76. The van der Waals surface area contributed by atoms with E-state index in [0.29, 0.717) is 0 Å². The van der Waals surface area contributed by atoms with Crippen molar-refractivity contribution in [3.05, 3.63) is 96.6 Å². The Kier molecular flexibility index (Phi) is 3.11. The van der Waals surface area contributed by atoms with Crippen molar-refractivity contribution in [1.29, 1.82) is 0 Å². The number of fused-ring (bicyclic) bond motifs is 4. The van der Waals surface area contributed by atoms with E-state index in [1.54, 1.807) is 0 Å². The Labute approximate surface area is 147 Å². The smallest absolute Gasteiger partial charge is 0.00963 e. The standard InChI is InChI=1S/C25H18/c1-17-11-12-22-24-15-20-10-6-5-9-19(20)14-21(24)16-23(25(22)13-17)18-7-3-2-4-8-18/h2-16H,1H3. The molecule has 0 spiro atoms. The van der Waals surface area contributed by atoms with Crippen LogP contribution in [0.5, 0.6) is 0 Å². The van der Waals surface area contributed by atoms with Gasteiger partial charge >= 0.3 is 0 Å². The molecule has 0 bridgehead atoms. The van der Waals surface area contributed by atoms with Gasteiger partial charge in [-0.2, -0.15) is 0 Å². The van der Waals surface area contributed by atoms with Gasteiger partial charge in [0.25, 0.3) is 0 Å². The SMILES string of the molecule is Cc1ccc2c(c1)c(-c1ccccc1)cc1cc3ccccc3cc12. The van der Waals surface area contributed by atoms with Gasteiger partial charge < -0.3 is 0 Å². The van der Waals surface area contributed by atoms with Gasteiger partial charge in [-0.05, 0) is 68.6 Å². The maximum absolute atomic E-state index is 2.35. The van der Waals surface area contributed by atoms with Crippen LogP contribution in [0.3, 0.4) is 0 Å². The van der Waals surface area contributed by atoms with E-state index in [1.165, 1.54) is 49.0 Å². The third kappa shape index (κ3) is 2.30. The Morgan fingerprint density at radius 3 is 2.00 bits per heavy atom. The quantitative estimate of drug-likeness (QED) is 0.228. The summed E-state index contributed by atoms with van der Waals surface area (Å²) in [6, 6.07) is 33.1. The van der Waals surface area contributed by atoms with Crippen molar-refractivity contribution < 1.29 is 0 Å². The third-order valence-corrected chi connectivity index (χ3v) is 5.06. The molecule has 0 saturated heterocycles. The van der Waals surface area contributed by atoms with E-state index in [-0.39, 0.29) is 0 Å². The van der Waals surface area contributed by atoms with E-state index >= 15 is 0 Å². The molecule has 5 aromatic carbocycles.